The Morgan fingerprint density at radius 2 is 2.33 bits per heavy atom. The van der Waals surface area contributed by atoms with Crippen molar-refractivity contribution in [2.75, 3.05) is 20.3 Å². The number of aromatic amines is 1. The molecule has 0 spiro atoms. The number of nitrogens with zero attached hydrogens (tertiary/aromatic N) is 2. The van der Waals surface area contributed by atoms with Crippen molar-refractivity contribution in [3.63, 3.8) is 0 Å². The highest BCUT2D eigenvalue weighted by Crippen LogP contribution is 1.88. The molecule has 0 atom stereocenters. The number of hydrogen-bond donors (Lipinski definition) is 3. The number of hydrogen-bond acceptors (Lipinski definition) is 4. The van der Waals surface area contributed by atoms with Crippen LogP contribution in [0.3, 0.4) is 0 Å². The van der Waals surface area contributed by atoms with Gasteiger partial charge in [-0.05, 0) is 6.92 Å². The van der Waals surface area contributed by atoms with E-state index in [9.17, 15) is 4.79 Å². The summed E-state index contributed by atoms with van der Waals surface area (Å²) in [6.07, 6.45) is 0. The Labute approximate surface area is 87.6 Å². The summed E-state index contributed by atoms with van der Waals surface area (Å²) in [4.78, 5) is 15.2. The van der Waals surface area contributed by atoms with Crippen molar-refractivity contribution in [1.82, 2.24) is 25.8 Å². The predicted molar refractivity (Wildman–Crippen MR) is 53.2 cm³/mol. The molecule has 1 rings (SSSR count). The molecule has 1 heterocycles. The van der Waals surface area contributed by atoms with E-state index in [1.54, 1.807) is 14.0 Å². The Bertz CT molecular complexity index is 312. The molecule has 1 aromatic rings. The molecule has 0 saturated carbocycles. The van der Waals surface area contributed by atoms with Gasteiger partial charge in [-0.2, -0.15) is 5.10 Å². The zero-order valence-electron chi connectivity index (χ0n) is 8.83. The lowest BCUT2D eigenvalue weighted by atomic mass is 10.6. The fourth-order valence-electron chi connectivity index (χ4n) is 0.957. The molecule has 0 aliphatic rings. The van der Waals surface area contributed by atoms with Crippen LogP contribution < -0.4 is 10.6 Å². The SMILES string of the molecule is COCCNC(=O)NCc1n[nH]c(C)n1. The van der Waals surface area contributed by atoms with E-state index in [1.165, 1.54) is 0 Å². The highest BCUT2D eigenvalue weighted by atomic mass is 16.5. The monoisotopic (exact) mass is 213 g/mol. The molecule has 7 nitrogen and oxygen atoms in total. The van der Waals surface area contributed by atoms with Gasteiger partial charge in [-0.15, -0.1) is 0 Å². The van der Waals surface area contributed by atoms with Crippen LogP contribution in [0.4, 0.5) is 4.79 Å². The van der Waals surface area contributed by atoms with Crippen LogP contribution >= 0.6 is 0 Å². The number of H-pyrrole nitrogens is 1. The van der Waals surface area contributed by atoms with Gasteiger partial charge >= 0.3 is 6.03 Å². The van der Waals surface area contributed by atoms with Gasteiger partial charge in [0.1, 0.15) is 5.82 Å². The summed E-state index contributed by atoms with van der Waals surface area (Å²) in [5.74, 6) is 1.29. The Hall–Kier alpha value is -1.63. The first-order chi connectivity index (χ1) is 7.22. The molecule has 2 amide bonds. The van der Waals surface area contributed by atoms with Crippen LogP contribution in [0.15, 0.2) is 0 Å². The third-order valence-electron chi connectivity index (χ3n) is 1.64. The average Bonchev–Trinajstić information content (AvgIpc) is 2.62. The van der Waals surface area contributed by atoms with Crippen LogP contribution in [0.5, 0.6) is 0 Å². The first-order valence-electron chi connectivity index (χ1n) is 4.61. The van der Waals surface area contributed by atoms with Gasteiger partial charge < -0.3 is 15.4 Å². The van der Waals surface area contributed by atoms with Crippen molar-refractivity contribution in [1.29, 1.82) is 0 Å². The largest absolute Gasteiger partial charge is 0.383 e. The summed E-state index contributed by atoms with van der Waals surface area (Å²) in [5, 5.41) is 11.8. The molecule has 7 heteroatoms. The topological polar surface area (TPSA) is 91.9 Å². The molecule has 84 valence electrons. The Kier molecular flexibility index (Phi) is 4.55. The van der Waals surface area contributed by atoms with Crippen LogP contribution in [0.25, 0.3) is 0 Å². The maximum atomic E-state index is 11.2. The van der Waals surface area contributed by atoms with E-state index >= 15 is 0 Å². The van der Waals surface area contributed by atoms with Crippen molar-refractivity contribution < 1.29 is 9.53 Å². The Morgan fingerprint density at radius 1 is 1.53 bits per heavy atom. The van der Waals surface area contributed by atoms with Gasteiger partial charge in [-0.1, -0.05) is 0 Å². The second-order valence-corrected chi connectivity index (χ2v) is 2.94. The molecule has 1 aromatic heterocycles. The van der Waals surface area contributed by atoms with Crippen molar-refractivity contribution in [3.05, 3.63) is 11.6 Å². The minimum atomic E-state index is -0.255. The molecular weight excluding hydrogens is 198 g/mol. The number of aromatic nitrogens is 3. The van der Waals surface area contributed by atoms with E-state index in [1.807, 2.05) is 0 Å². The number of urea groups is 1. The van der Waals surface area contributed by atoms with E-state index in [-0.39, 0.29) is 6.03 Å². The zero-order valence-corrected chi connectivity index (χ0v) is 8.83. The maximum absolute atomic E-state index is 11.2. The maximum Gasteiger partial charge on any atom is 0.315 e. The third kappa shape index (κ3) is 4.41. The van der Waals surface area contributed by atoms with E-state index in [0.29, 0.717) is 25.5 Å². The van der Waals surface area contributed by atoms with Crippen molar-refractivity contribution in [3.8, 4) is 0 Å². The van der Waals surface area contributed by atoms with E-state index in [2.05, 4.69) is 25.8 Å². The highest BCUT2D eigenvalue weighted by Gasteiger charge is 2.02. The number of methoxy groups -OCH3 is 1. The minimum absolute atomic E-state index is 0.255. The number of carbonyl (C=O) groups is 1. The lowest BCUT2D eigenvalue weighted by Gasteiger charge is -2.04. The molecule has 0 radical (unpaired) electrons. The van der Waals surface area contributed by atoms with Gasteiger partial charge in [-0.25, -0.2) is 9.78 Å². The lowest BCUT2D eigenvalue weighted by molar-refractivity contribution is 0.195. The van der Waals surface area contributed by atoms with Gasteiger partial charge in [0.15, 0.2) is 5.82 Å². The lowest BCUT2D eigenvalue weighted by Crippen LogP contribution is -2.37. The standard InChI is InChI=1S/C8H15N5O2/c1-6-11-7(13-12-6)5-10-8(14)9-3-4-15-2/h3-5H2,1-2H3,(H2,9,10,14)(H,11,12,13). The molecule has 3 N–H and O–H groups in total. The molecule has 0 aliphatic carbocycles. The number of rotatable bonds is 5. The minimum Gasteiger partial charge on any atom is -0.383 e. The third-order valence-corrected chi connectivity index (χ3v) is 1.64. The van der Waals surface area contributed by atoms with Crippen LogP contribution in [0, 0.1) is 6.92 Å². The quantitative estimate of drug-likeness (QED) is 0.578. The Morgan fingerprint density at radius 3 is 2.93 bits per heavy atom. The molecule has 0 bridgehead atoms. The summed E-state index contributed by atoms with van der Waals surface area (Å²) >= 11 is 0. The summed E-state index contributed by atoms with van der Waals surface area (Å²) in [6.45, 7) is 3.08. The second kappa shape index (κ2) is 5.97. The van der Waals surface area contributed by atoms with E-state index in [0.717, 1.165) is 5.82 Å². The summed E-state index contributed by atoms with van der Waals surface area (Å²) in [5.41, 5.74) is 0. The first-order valence-corrected chi connectivity index (χ1v) is 4.61. The Balaban J connectivity index is 2.16. The van der Waals surface area contributed by atoms with Gasteiger partial charge in [0.05, 0.1) is 13.2 Å². The number of nitrogens with one attached hydrogen (secondary N) is 3. The molecule has 0 unspecified atom stereocenters. The molecule has 0 aromatic carbocycles. The van der Waals surface area contributed by atoms with Gasteiger partial charge in [0, 0.05) is 13.7 Å². The summed E-state index contributed by atoms with van der Waals surface area (Å²) in [6, 6.07) is -0.255. The number of carbonyl (C=O) groups excluding carboxylic acids is 1. The van der Waals surface area contributed by atoms with Crippen LogP contribution in [0.2, 0.25) is 0 Å². The average molecular weight is 213 g/mol. The van der Waals surface area contributed by atoms with E-state index in [4.69, 9.17) is 4.74 Å². The first kappa shape index (κ1) is 11.4. The molecule has 0 saturated heterocycles. The molecule has 0 aliphatic heterocycles. The summed E-state index contributed by atoms with van der Waals surface area (Å²) < 4.78 is 4.79. The van der Waals surface area contributed by atoms with Crippen LogP contribution in [-0.2, 0) is 11.3 Å². The smallest absolute Gasteiger partial charge is 0.315 e. The van der Waals surface area contributed by atoms with Crippen molar-refractivity contribution in [2.24, 2.45) is 0 Å². The highest BCUT2D eigenvalue weighted by molar-refractivity contribution is 5.73. The number of aryl methyl sites for hydroxylation is 1. The molecule has 15 heavy (non-hydrogen) atoms. The van der Waals surface area contributed by atoms with E-state index < -0.39 is 0 Å². The van der Waals surface area contributed by atoms with Crippen LogP contribution in [0.1, 0.15) is 11.6 Å². The van der Waals surface area contributed by atoms with Gasteiger partial charge in [-0.3, -0.25) is 5.10 Å². The molecular formula is C8H15N5O2. The second-order valence-electron chi connectivity index (χ2n) is 2.94. The summed E-state index contributed by atoms with van der Waals surface area (Å²) in [7, 11) is 1.58. The van der Waals surface area contributed by atoms with Crippen LogP contribution in [-0.4, -0.2) is 41.5 Å². The zero-order chi connectivity index (χ0) is 11.1. The fraction of sp³-hybridized carbons (Fsp3) is 0.625. The van der Waals surface area contributed by atoms with Crippen molar-refractivity contribution in [2.45, 2.75) is 13.5 Å². The van der Waals surface area contributed by atoms with Crippen molar-refractivity contribution >= 4 is 6.03 Å². The predicted octanol–water partition coefficient (Wildman–Crippen LogP) is -0.441. The normalized spacial score (nSPS) is 10.0. The number of ether oxygens (including phenoxy) is 1. The fourth-order valence-corrected chi connectivity index (χ4v) is 0.957. The van der Waals surface area contributed by atoms with Gasteiger partial charge in [0.25, 0.3) is 0 Å². The number of amides is 2. The molecule has 0 fully saturated rings. The van der Waals surface area contributed by atoms with Gasteiger partial charge in [0.2, 0.25) is 0 Å².